The number of hydrogen-bond donors (Lipinski definition) is 0. The topological polar surface area (TPSA) is 16.4 Å². The number of aryl methyl sites for hydroxylation is 2. The third-order valence-corrected chi connectivity index (χ3v) is 9.77. The zero-order valence-electron chi connectivity index (χ0n) is 26.0. The molecule has 2 heteroatoms. The molecule has 0 saturated heterocycles. The molecule has 0 N–H and O–H groups in total. The molecule has 0 saturated carbocycles. The van der Waals surface area contributed by atoms with Crippen molar-refractivity contribution in [2.75, 3.05) is 4.90 Å². The molecule has 8 aromatic carbocycles. The highest BCUT2D eigenvalue weighted by Gasteiger charge is 2.22. The molecule has 0 amide bonds. The summed E-state index contributed by atoms with van der Waals surface area (Å²) in [6, 6.07) is 50.8. The Bertz CT molecular complexity index is 2560. The fourth-order valence-electron chi connectivity index (χ4n) is 7.59. The monoisotopic (exact) mass is 591 g/mol. The minimum atomic E-state index is 0.916. The zero-order valence-corrected chi connectivity index (χ0v) is 26.0. The van der Waals surface area contributed by atoms with Crippen LogP contribution in [0.15, 0.2) is 144 Å². The molecule has 9 aromatic rings. The van der Waals surface area contributed by atoms with Crippen LogP contribution >= 0.6 is 0 Å². The Morgan fingerprint density at radius 3 is 2.07 bits per heavy atom. The van der Waals surface area contributed by atoms with Gasteiger partial charge in [0.25, 0.3) is 0 Å². The summed E-state index contributed by atoms with van der Waals surface area (Å²) in [7, 11) is 0. The summed E-state index contributed by atoms with van der Waals surface area (Å²) in [6.07, 6.45) is 1.97. The largest absolute Gasteiger partial charge is 0.455 e. The first-order chi connectivity index (χ1) is 22.7. The number of hydrogen-bond acceptors (Lipinski definition) is 2. The highest BCUT2D eigenvalue weighted by molar-refractivity contribution is 6.27. The third kappa shape index (κ3) is 3.96. The molecule has 0 aliphatic rings. The van der Waals surface area contributed by atoms with Gasteiger partial charge in [-0.05, 0) is 92.9 Å². The fraction of sp³-hybridized carbons (Fsp3) is 0.0909. The Balaban J connectivity index is 1.32. The van der Waals surface area contributed by atoms with Crippen molar-refractivity contribution in [1.82, 2.24) is 0 Å². The normalized spacial score (nSPS) is 11.9. The molecule has 0 aliphatic carbocycles. The van der Waals surface area contributed by atoms with Gasteiger partial charge in [-0.15, -0.1) is 0 Å². The van der Waals surface area contributed by atoms with E-state index >= 15 is 0 Å². The van der Waals surface area contributed by atoms with Gasteiger partial charge in [0.1, 0.15) is 11.2 Å². The van der Waals surface area contributed by atoms with Crippen molar-refractivity contribution in [3.63, 3.8) is 0 Å². The van der Waals surface area contributed by atoms with Crippen molar-refractivity contribution >= 4 is 71.3 Å². The number of para-hydroxylation sites is 3. The summed E-state index contributed by atoms with van der Waals surface area (Å²) in [5.74, 6) is 0. The summed E-state index contributed by atoms with van der Waals surface area (Å²) in [5.41, 5.74) is 10.3. The van der Waals surface area contributed by atoms with E-state index in [1.54, 1.807) is 0 Å². The van der Waals surface area contributed by atoms with E-state index in [1.165, 1.54) is 49.1 Å². The Hall–Kier alpha value is -5.60. The molecule has 0 unspecified atom stereocenters. The van der Waals surface area contributed by atoms with E-state index in [2.05, 4.69) is 152 Å². The maximum absolute atomic E-state index is 6.47. The molecule has 0 aliphatic heterocycles. The molecule has 2 nitrogen and oxygen atoms in total. The van der Waals surface area contributed by atoms with Crippen LogP contribution in [-0.2, 0) is 12.8 Å². The second kappa shape index (κ2) is 10.5. The van der Waals surface area contributed by atoms with Gasteiger partial charge >= 0.3 is 0 Å². The maximum atomic E-state index is 6.47. The molecule has 46 heavy (non-hydrogen) atoms. The van der Waals surface area contributed by atoms with Crippen molar-refractivity contribution in [2.24, 2.45) is 0 Å². The van der Waals surface area contributed by atoms with Crippen LogP contribution in [0.25, 0.3) is 65.4 Å². The fourth-order valence-corrected chi connectivity index (χ4v) is 7.59. The summed E-state index contributed by atoms with van der Waals surface area (Å²) in [4.78, 5) is 2.44. The van der Waals surface area contributed by atoms with Gasteiger partial charge in [-0.1, -0.05) is 117 Å². The third-order valence-electron chi connectivity index (χ3n) is 9.77. The van der Waals surface area contributed by atoms with E-state index < -0.39 is 0 Å². The molecule has 220 valence electrons. The predicted molar refractivity (Wildman–Crippen MR) is 196 cm³/mol. The zero-order chi connectivity index (χ0) is 30.8. The molecule has 9 rings (SSSR count). The van der Waals surface area contributed by atoms with Crippen LogP contribution in [0.5, 0.6) is 0 Å². The van der Waals surface area contributed by atoms with E-state index in [1.807, 2.05) is 6.07 Å². The molecule has 1 heterocycles. The number of nitrogens with zero attached hydrogens (tertiary/aromatic N) is 1. The first-order valence-electron chi connectivity index (χ1n) is 16.3. The van der Waals surface area contributed by atoms with Gasteiger partial charge in [0.05, 0.1) is 5.69 Å². The van der Waals surface area contributed by atoms with Gasteiger partial charge in [-0.2, -0.15) is 0 Å². The molecular formula is C44H33NO. The number of benzene rings is 8. The van der Waals surface area contributed by atoms with Crippen molar-refractivity contribution in [3.05, 3.63) is 151 Å². The van der Waals surface area contributed by atoms with Gasteiger partial charge in [0.15, 0.2) is 0 Å². The second-order valence-corrected chi connectivity index (χ2v) is 12.2. The van der Waals surface area contributed by atoms with Crippen molar-refractivity contribution in [3.8, 4) is 11.1 Å². The summed E-state index contributed by atoms with van der Waals surface area (Å²) < 4.78 is 6.47. The molecule has 0 fully saturated rings. The van der Waals surface area contributed by atoms with Gasteiger partial charge in [-0.3, -0.25) is 0 Å². The lowest BCUT2D eigenvalue weighted by molar-refractivity contribution is 0.670. The molecule has 0 atom stereocenters. The van der Waals surface area contributed by atoms with Gasteiger partial charge in [0, 0.05) is 33.1 Å². The molecule has 1 aromatic heterocycles. The Kier molecular flexibility index (Phi) is 6.11. The highest BCUT2D eigenvalue weighted by Crippen LogP contribution is 2.46. The Labute approximate surface area is 268 Å². The quantitative estimate of drug-likeness (QED) is 0.179. The van der Waals surface area contributed by atoms with Gasteiger partial charge < -0.3 is 9.32 Å². The summed E-state index contributed by atoms with van der Waals surface area (Å²) in [6.45, 7) is 4.53. The molecular weight excluding hydrogens is 558 g/mol. The summed E-state index contributed by atoms with van der Waals surface area (Å²) >= 11 is 0. The van der Waals surface area contributed by atoms with E-state index in [4.69, 9.17) is 4.42 Å². The van der Waals surface area contributed by atoms with Crippen LogP contribution in [0.2, 0.25) is 0 Å². The lowest BCUT2D eigenvalue weighted by Gasteiger charge is -2.29. The first-order valence-corrected chi connectivity index (χ1v) is 16.3. The molecule has 0 radical (unpaired) electrons. The standard InChI is InChI=1S/C44H33NO/c1-3-28-20-21-30-22-23-35-29(4-2)27-40(39-25-24-34(28)42(30)43(35)39)45(32-13-6-5-7-14-32)33-15-10-12-31(26-33)36-17-11-18-38-37-16-8-9-19-41(37)46-44(36)38/h5-27H,3-4H2,1-2H3. The number of furan rings is 1. The summed E-state index contributed by atoms with van der Waals surface area (Å²) in [5, 5.41) is 10.3. The Morgan fingerprint density at radius 1 is 0.500 bits per heavy atom. The second-order valence-electron chi connectivity index (χ2n) is 12.2. The van der Waals surface area contributed by atoms with Gasteiger partial charge in [-0.25, -0.2) is 0 Å². The average molecular weight is 592 g/mol. The predicted octanol–water partition coefficient (Wildman–Crippen LogP) is 12.7. The number of anilines is 3. The Morgan fingerprint density at radius 2 is 1.20 bits per heavy atom. The van der Waals surface area contributed by atoms with E-state index in [0.29, 0.717) is 0 Å². The smallest absolute Gasteiger partial charge is 0.143 e. The van der Waals surface area contributed by atoms with Crippen molar-refractivity contribution in [1.29, 1.82) is 0 Å². The highest BCUT2D eigenvalue weighted by atomic mass is 16.3. The number of fused-ring (bicyclic) bond motifs is 3. The van der Waals surface area contributed by atoms with E-state index in [0.717, 1.165) is 57.3 Å². The van der Waals surface area contributed by atoms with Crippen LogP contribution in [0.4, 0.5) is 17.1 Å². The van der Waals surface area contributed by atoms with Crippen molar-refractivity contribution in [2.45, 2.75) is 26.7 Å². The SMILES string of the molecule is CCc1ccc2ccc3c(CC)cc(N(c4ccccc4)c4cccc(-c5cccc6c5oc5ccccc56)c4)c4ccc1c2c34. The minimum Gasteiger partial charge on any atom is -0.455 e. The van der Waals surface area contributed by atoms with E-state index in [-0.39, 0.29) is 0 Å². The van der Waals surface area contributed by atoms with Gasteiger partial charge in [0.2, 0.25) is 0 Å². The van der Waals surface area contributed by atoms with Crippen LogP contribution in [0.1, 0.15) is 25.0 Å². The van der Waals surface area contributed by atoms with Crippen molar-refractivity contribution < 1.29 is 4.42 Å². The lowest BCUT2D eigenvalue weighted by atomic mass is 9.88. The maximum Gasteiger partial charge on any atom is 0.143 e. The number of rotatable bonds is 6. The molecule has 0 bridgehead atoms. The molecule has 0 spiro atoms. The van der Waals surface area contributed by atoms with E-state index in [9.17, 15) is 0 Å². The van der Waals surface area contributed by atoms with Crippen LogP contribution in [0.3, 0.4) is 0 Å². The van der Waals surface area contributed by atoms with Crippen LogP contribution < -0.4 is 4.90 Å². The lowest BCUT2D eigenvalue weighted by Crippen LogP contribution is -2.11. The first kappa shape index (κ1) is 26.8. The average Bonchev–Trinajstić information content (AvgIpc) is 3.50. The van der Waals surface area contributed by atoms with Crippen LogP contribution in [0, 0.1) is 0 Å². The van der Waals surface area contributed by atoms with Crippen LogP contribution in [-0.4, -0.2) is 0 Å². The minimum absolute atomic E-state index is 0.916.